The van der Waals surface area contributed by atoms with Crippen LogP contribution in [-0.4, -0.2) is 10.8 Å². The van der Waals surface area contributed by atoms with Gasteiger partial charge in [0.25, 0.3) is 5.84 Å². The Labute approximate surface area is 303 Å². The average molecular weight is 660 g/mol. The van der Waals surface area contributed by atoms with Crippen LogP contribution >= 0.6 is 0 Å². The third-order valence-corrected chi connectivity index (χ3v) is 10.4. The molecular formula is C45H41N4O+. The van der Waals surface area contributed by atoms with Crippen LogP contribution in [0.5, 0.6) is 11.5 Å². The predicted octanol–water partition coefficient (Wildman–Crippen LogP) is 10.8. The molecule has 6 aromatic rings. The first-order valence-electron chi connectivity index (χ1n) is 20.0. The van der Waals surface area contributed by atoms with E-state index in [1.165, 1.54) is 0 Å². The van der Waals surface area contributed by atoms with Crippen molar-refractivity contribution in [3.05, 3.63) is 149 Å². The van der Waals surface area contributed by atoms with E-state index in [1.807, 2.05) is 65.7 Å². The molecule has 5 heterocycles. The van der Waals surface area contributed by atoms with Crippen molar-refractivity contribution >= 4 is 23.0 Å². The molecule has 0 amide bonds. The molecule has 0 radical (unpaired) electrons. The Bertz CT molecular complexity index is 2640. The van der Waals surface area contributed by atoms with Crippen molar-refractivity contribution in [1.29, 1.82) is 0 Å². The van der Waals surface area contributed by atoms with Crippen LogP contribution in [0.4, 0.5) is 17.2 Å². The molecule has 0 saturated carbocycles. The van der Waals surface area contributed by atoms with Crippen molar-refractivity contribution in [2.75, 3.05) is 4.90 Å². The topological polar surface area (TPSA) is 41.6 Å². The molecule has 1 unspecified atom stereocenters. The second-order valence-electron chi connectivity index (χ2n) is 14.9. The molecule has 5 heteroatoms. The molecule has 4 aromatic carbocycles. The number of anilines is 2. The molecule has 2 aromatic heterocycles. The number of amidine groups is 1. The number of hydrogen-bond acceptors (Lipinski definition) is 4. The van der Waals surface area contributed by atoms with Crippen LogP contribution in [0.2, 0.25) is 0 Å². The predicted molar refractivity (Wildman–Crippen MR) is 202 cm³/mol. The first kappa shape index (κ1) is 24.6. The highest BCUT2D eigenvalue weighted by Crippen LogP contribution is 2.53. The summed E-state index contributed by atoms with van der Waals surface area (Å²) >= 11 is 0. The largest absolute Gasteiger partial charge is 0.456 e. The Kier molecular flexibility index (Phi) is 5.27. The van der Waals surface area contributed by atoms with Gasteiger partial charge in [-0.3, -0.25) is 4.90 Å². The summed E-state index contributed by atoms with van der Waals surface area (Å²) in [4.78, 5) is 12.3. The number of fused-ring (bicyclic) bond motifs is 7. The summed E-state index contributed by atoms with van der Waals surface area (Å²) in [5, 5.41) is 0. The first-order chi connectivity index (χ1) is 26.4. The lowest BCUT2D eigenvalue weighted by Gasteiger charge is -2.37. The van der Waals surface area contributed by atoms with E-state index >= 15 is 0 Å². The molecular weight excluding hydrogens is 613 g/mol. The van der Waals surface area contributed by atoms with E-state index in [9.17, 15) is 0 Å². The second kappa shape index (κ2) is 10.7. The molecule has 0 bridgehead atoms. The van der Waals surface area contributed by atoms with Crippen LogP contribution in [0.15, 0.2) is 120 Å². The molecule has 50 heavy (non-hydrogen) atoms. The van der Waals surface area contributed by atoms with Gasteiger partial charge in [0.05, 0.1) is 29.0 Å². The van der Waals surface area contributed by atoms with Gasteiger partial charge >= 0.3 is 5.82 Å². The van der Waals surface area contributed by atoms with E-state index in [0.29, 0.717) is 17.1 Å². The summed E-state index contributed by atoms with van der Waals surface area (Å²) in [6, 6.07) is 34.4. The number of aryl methyl sites for hydroxylation is 2. The summed E-state index contributed by atoms with van der Waals surface area (Å²) in [6.45, 7) is 5.52. The smallest absolute Gasteiger partial charge is 0.326 e. The van der Waals surface area contributed by atoms with E-state index in [2.05, 4.69) is 63.5 Å². The van der Waals surface area contributed by atoms with Gasteiger partial charge < -0.3 is 4.74 Å². The van der Waals surface area contributed by atoms with Crippen LogP contribution in [0.1, 0.15) is 82.3 Å². The van der Waals surface area contributed by atoms with E-state index in [0.717, 1.165) is 50.9 Å². The number of rotatable bonds is 3. The van der Waals surface area contributed by atoms with Gasteiger partial charge in [0.15, 0.2) is 0 Å². The lowest BCUT2D eigenvalue weighted by Crippen LogP contribution is -2.40. The molecule has 0 saturated heterocycles. The van der Waals surface area contributed by atoms with Gasteiger partial charge in [-0.25, -0.2) is 9.55 Å². The van der Waals surface area contributed by atoms with Gasteiger partial charge in [-0.05, 0) is 77.2 Å². The highest BCUT2D eigenvalue weighted by molar-refractivity contribution is 6.14. The van der Waals surface area contributed by atoms with Gasteiger partial charge in [-0.15, -0.1) is 0 Å². The van der Waals surface area contributed by atoms with Crippen molar-refractivity contribution in [3.8, 4) is 34.0 Å². The van der Waals surface area contributed by atoms with Gasteiger partial charge in [-0.1, -0.05) is 101 Å². The van der Waals surface area contributed by atoms with Crippen molar-refractivity contribution in [2.24, 2.45) is 4.99 Å². The zero-order chi connectivity index (χ0) is 39.5. The number of nitrogens with zero attached hydrogens (tertiary/aromatic N) is 4. The number of aromatic nitrogens is 2. The van der Waals surface area contributed by atoms with Crippen molar-refractivity contribution in [3.63, 3.8) is 0 Å². The molecule has 0 N–H and O–H groups in total. The van der Waals surface area contributed by atoms with Crippen molar-refractivity contribution in [1.82, 2.24) is 4.98 Å². The first-order valence-corrected chi connectivity index (χ1v) is 17.0. The van der Waals surface area contributed by atoms with Crippen molar-refractivity contribution < 1.29 is 17.5 Å². The van der Waals surface area contributed by atoms with Gasteiger partial charge in [0.2, 0.25) is 6.04 Å². The van der Waals surface area contributed by atoms with Crippen LogP contribution < -0.4 is 14.2 Å². The Morgan fingerprint density at radius 3 is 2.44 bits per heavy atom. The Hall–Kier alpha value is -5.55. The summed E-state index contributed by atoms with van der Waals surface area (Å²) < 4.78 is 60.9. The summed E-state index contributed by atoms with van der Waals surface area (Å²) in [6.07, 6.45) is 2.01. The third-order valence-electron chi connectivity index (χ3n) is 10.4. The minimum Gasteiger partial charge on any atom is -0.456 e. The summed E-state index contributed by atoms with van der Waals surface area (Å²) in [7, 11) is 0. The van der Waals surface area contributed by atoms with Crippen LogP contribution in [0.25, 0.3) is 22.5 Å². The minimum absolute atomic E-state index is 0.00361. The molecule has 0 aliphatic carbocycles. The molecule has 246 valence electrons. The molecule has 1 atom stereocenters. The van der Waals surface area contributed by atoms with E-state index in [1.54, 1.807) is 30.3 Å². The average Bonchev–Trinajstić information content (AvgIpc) is 3.67. The normalized spacial score (nSPS) is 18.8. The highest BCUT2D eigenvalue weighted by atomic mass is 16.5. The molecule has 5 nitrogen and oxygen atoms in total. The minimum atomic E-state index is -2.61. The van der Waals surface area contributed by atoms with Crippen LogP contribution in [-0.2, 0) is 10.8 Å². The number of ether oxygens (including phenoxy) is 1. The maximum Gasteiger partial charge on any atom is 0.326 e. The number of para-hydroxylation sites is 2. The Morgan fingerprint density at radius 1 is 0.820 bits per heavy atom. The monoisotopic (exact) mass is 659 g/mol. The fourth-order valence-corrected chi connectivity index (χ4v) is 7.90. The van der Waals surface area contributed by atoms with Gasteiger partial charge in [-0.2, -0.15) is 0 Å². The number of benzene rings is 4. The van der Waals surface area contributed by atoms with E-state index in [-0.39, 0.29) is 33.8 Å². The maximum atomic E-state index is 8.67. The van der Waals surface area contributed by atoms with E-state index in [4.69, 9.17) is 22.9 Å². The number of hydrogen-bond donors (Lipinski definition) is 0. The lowest BCUT2D eigenvalue weighted by molar-refractivity contribution is -0.679. The highest BCUT2D eigenvalue weighted by Gasteiger charge is 2.48. The third kappa shape index (κ3) is 4.42. The molecule has 0 spiro atoms. The fourth-order valence-electron chi connectivity index (χ4n) is 7.90. The number of pyridine rings is 2. The van der Waals surface area contributed by atoms with E-state index < -0.39 is 19.1 Å². The summed E-state index contributed by atoms with van der Waals surface area (Å²) in [5.74, 6) is 2.98. The molecule has 0 fully saturated rings. The fraction of sp³-hybridized carbons (Fsp3) is 0.222. The quantitative estimate of drug-likeness (QED) is 0.178. The SMILES string of the molecule is [2H]C([2H])([2H])c1ccc(N2C3=Nc4cccc[n+]4C3c3ccccc32)cc1-c1nc(-c2c(C(C)(C)C)ccc3c2Oc2ccccc2C3(C)C)ccc1C([2H])([2H])[2H]. The number of aliphatic imine (C=N–C) groups is 1. The lowest BCUT2D eigenvalue weighted by atomic mass is 9.72. The van der Waals surface area contributed by atoms with Crippen molar-refractivity contribution in [2.45, 2.75) is 65.2 Å². The Morgan fingerprint density at radius 2 is 1.60 bits per heavy atom. The van der Waals surface area contributed by atoms with Gasteiger partial charge in [0.1, 0.15) is 11.5 Å². The standard InChI is InChI=1S/C45H41N4O/c1-27-19-21-29(49-36-16-10-8-14-30(36)41-43(49)47-38-18-12-13-25-48(38)41)26-31(27)40-28(2)20-24-35(46-40)39-33(44(3,4)5)22-23-34-42(39)50-37-17-11-9-15-32(37)45(34,6)7/h8-26,41H,1-7H3/q+1/i1D3,2D3. The zero-order valence-electron chi connectivity index (χ0n) is 34.7. The molecule has 3 aliphatic heterocycles. The van der Waals surface area contributed by atoms with Crippen LogP contribution in [0.3, 0.4) is 0 Å². The summed E-state index contributed by atoms with van der Waals surface area (Å²) in [5.41, 5.74) is 6.34. The zero-order valence-corrected chi connectivity index (χ0v) is 28.7. The molecule has 3 aliphatic rings. The second-order valence-corrected chi connectivity index (χ2v) is 14.9. The van der Waals surface area contributed by atoms with Crippen LogP contribution in [0, 0.1) is 13.7 Å². The van der Waals surface area contributed by atoms with Gasteiger partial charge in [0, 0.05) is 47.5 Å². The maximum absolute atomic E-state index is 8.67. The molecule has 9 rings (SSSR count). The Balaban J connectivity index is 1.30.